The Morgan fingerprint density at radius 1 is 1.06 bits per heavy atom. The zero-order valence-electron chi connectivity index (χ0n) is 9.72. The van der Waals surface area contributed by atoms with Crippen LogP contribution in [0.3, 0.4) is 0 Å². The summed E-state index contributed by atoms with van der Waals surface area (Å²) in [4.78, 5) is 0.232. The average Bonchev–Trinajstić information content (AvgIpc) is 2.29. The molecule has 0 bridgehead atoms. The molecule has 0 unspecified atom stereocenters. The minimum absolute atomic E-state index is 0.232. The van der Waals surface area contributed by atoms with Gasteiger partial charge in [0.1, 0.15) is 0 Å². The molecule has 2 aromatic carbocycles. The molecule has 2 aromatic rings. The minimum Gasteiger partial charge on any atom is -0.280 e. The fourth-order valence-electron chi connectivity index (χ4n) is 1.63. The molecule has 0 fully saturated rings. The van der Waals surface area contributed by atoms with Gasteiger partial charge < -0.3 is 0 Å². The number of aryl methyl sites for hydroxylation is 1. The predicted molar refractivity (Wildman–Crippen MR) is 73.4 cm³/mol. The highest BCUT2D eigenvalue weighted by Gasteiger charge is 2.16. The van der Waals surface area contributed by atoms with Crippen LogP contribution in [0.15, 0.2) is 53.4 Å². The van der Waals surface area contributed by atoms with Gasteiger partial charge in [0.05, 0.1) is 4.90 Å². The van der Waals surface area contributed by atoms with Crippen molar-refractivity contribution in [3.05, 3.63) is 59.1 Å². The largest absolute Gasteiger partial charge is 0.280 e. The first-order valence-corrected chi connectivity index (χ1v) is 7.19. The number of rotatable bonds is 3. The molecule has 0 saturated heterocycles. The van der Waals surface area contributed by atoms with E-state index in [4.69, 9.17) is 11.6 Å². The number of anilines is 1. The molecule has 94 valence electrons. The highest BCUT2D eigenvalue weighted by atomic mass is 35.5. The monoisotopic (exact) mass is 281 g/mol. The molecule has 5 heteroatoms. The predicted octanol–water partition coefficient (Wildman–Crippen LogP) is 3.45. The van der Waals surface area contributed by atoms with Crippen molar-refractivity contribution >= 4 is 27.3 Å². The highest BCUT2D eigenvalue weighted by Crippen LogP contribution is 2.22. The fraction of sp³-hybridized carbons (Fsp3) is 0.0769. The Labute approximate surface area is 111 Å². The van der Waals surface area contributed by atoms with Crippen molar-refractivity contribution < 1.29 is 8.42 Å². The standard InChI is InChI=1S/C13H12ClNO2S/c1-10-9-11(14)7-8-13(10)18(16,17)15-12-5-3-2-4-6-12/h2-9,15H,1H3. The normalized spacial score (nSPS) is 11.2. The van der Waals surface area contributed by atoms with E-state index in [0.29, 0.717) is 16.3 Å². The number of hydrogen-bond donors (Lipinski definition) is 1. The molecule has 0 heterocycles. The first kappa shape index (κ1) is 12.9. The van der Waals surface area contributed by atoms with Crippen LogP contribution in [0.1, 0.15) is 5.56 Å². The van der Waals surface area contributed by atoms with E-state index in [9.17, 15) is 8.42 Å². The number of benzene rings is 2. The third-order valence-corrected chi connectivity index (χ3v) is 4.23. The van der Waals surface area contributed by atoms with Gasteiger partial charge in [0.25, 0.3) is 10.0 Å². The number of halogens is 1. The van der Waals surface area contributed by atoms with Gasteiger partial charge in [0.2, 0.25) is 0 Å². The summed E-state index contributed by atoms with van der Waals surface area (Å²) in [6.45, 7) is 1.71. The van der Waals surface area contributed by atoms with E-state index in [1.54, 1.807) is 43.3 Å². The first-order valence-electron chi connectivity index (χ1n) is 5.33. The Morgan fingerprint density at radius 3 is 2.33 bits per heavy atom. The van der Waals surface area contributed by atoms with Crippen LogP contribution in [0.2, 0.25) is 5.02 Å². The molecule has 3 nitrogen and oxygen atoms in total. The Kier molecular flexibility index (Phi) is 3.59. The SMILES string of the molecule is Cc1cc(Cl)ccc1S(=O)(=O)Nc1ccccc1. The van der Waals surface area contributed by atoms with Crippen molar-refractivity contribution in [1.82, 2.24) is 0 Å². The third kappa shape index (κ3) is 2.83. The van der Waals surface area contributed by atoms with E-state index in [1.165, 1.54) is 6.07 Å². The summed E-state index contributed by atoms with van der Waals surface area (Å²) in [6, 6.07) is 13.5. The molecule has 0 aliphatic heterocycles. The van der Waals surface area contributed by atoms with Gasteiger partial charge in [0, 0.05) is 10.7 Å². The molecule has 0 aliphatic carbocycles. The van der Waals surface area contributed by atoms with Crippen LogP contribution >= 0.6 is 11.6 Å². The van der Waals surface area contributed by atoms with Crippen LogP contribution in [-0.2, 0) is 10.0 Å². The fourth-order valence-corrected chi connectivity index (χ4v) is 3.14. The van der Waals surface area contributed by atoms with Gasteiger partial charge in [-0.3, -0.25) is 4.72 Å². The zero-order chi connectivity index (χ0) is 13.2. The number of nitrogens with one attached hydrogen (secondary N) is 1. The van der Waals surface area contributed by atoms with Crippen LogP contribution in [-0.4, -0.2) is 8.42 Å². The molecule has 0 radical (unpaired) electrons. The maximum absolute atomic E-state index is 12.2. The zero-order valence-corrected chi connectivity index (χ0v) is 11.3. The summed E-state index contributed by atoms with van der Waals surface area (Å²) in [5.41, 5.74) is 1.15. The summed E-state index contributed by atoms with van der Waals surface area (Å²) < 4.78 is 26.9. The van der Waals surface area contributed by atoms with Gasteiger partial charge in [0.15, 0.2) is 0 Å². The highest BCUT2D eigenvalue weighted by molar-refractivity contribution is 7.92. The van der Waals surface area contributed by atoms with Gasteiger partial charge in [-0.1, -0.05) is 29.8 Å². The molecule has 18 heavy (non-hydrogen) atoms. The lowest BCUT2D eigenvalue weighted by Crippen LogP contribution is -2.14. The second-order valence-corrected chi connectivity index (χ2v) is 5.97. The Bertz CT molecular complexity index is 654. The van der Waals surface area contributed by atoms with Gasteiger partial charge in [-0.05, 0) is 42.8 Å². The molecule has 0 atom stereocenters. The third-order valence-electron chi connectivity index (χ3n) is 2.45. The van der Waals surface area contributed by atoms with Crippen LogP contribution < -0.4 is 4.72 Å². The number of sulfonamides is 1. The first-order chi connectivity index (χ1) is 8.49. The smallest absolute Gasteiger partial charge is 0.262 e. The van der Waals surface area contributed by atoms with Crippen molar-refractivity contribution in [2.75, 3.05) is 4.72 Å². The quantitative estimate of drug-likeness (QED) is 0.937. The lowest BCUT2D eigenvalue weighted by molar-refractivity contribution is 0.600. The number of hydrogen-bond acceptors (Lipinski definition) is 2. The second-order valence-electron chi connectivity index (χ2n) is 3.88. The molecule has 0 aromatic heterocycles. The van der Waals surface area contributed by atoms with Gasteiger partial charge in [-0.15, -0.1) is 0 Å². The summed E-state index contributed by atoms with van der Waals surface area (Å²) in [5, 5.41) is 0.520. The van der Waals surface area contributed by atoms with Gasteiger partial charge >= 0.3 is 0 Å². The van der Waals surface area contributed by atoms with Crippen molar-refractivity contribution in [1.29, 1.82) is 0 Å². The van der Waals surface area contributed by atoms with Crippen LogP contribution in [0.25, 0.3) is 0 Å². The Hall–Kier alpha value is -1.52. The maximum Gasteiger partial charge on any atom is 0.262 e. The van der Waals surface area contributed by atoms with Crippen LogP contribution in [0, 0.1) is 6.92 Å². The van der Waals surface area contributed by atoms with E-state index in [2.05, 4.69) is 4.72 Å². The molecule has 0 amide bonds. The van der Waals surface area contributed by atoms with E-state index in [0.717, 1.165) is 0 Å². The molecule has 0 aliphatic rings. The molecule has 0 spiro atoms. The van der Waals surface area contributed by atoms with E-state index in [-0.39, 0.29) is 4.90 Å². The summed E-state index contributed by atoms with van der Waals surface area (Å²) in [7, 11) is -3.57. The molecule has 2 rings (SSSR count). The van der Waals surface area contributed by atoms with E-state index in [1.807, 2.05) is 6.07 Å². The molecular weight excluding hydrogens is 270 g/mol. The lowest BCUT2D eigenvalue weighted by atomic mass is 10.2. The van der Waals surface area contributed by atoms with Crippen molar-refractivity contribution in [2.24, 2.45) is 0 Å². The number of para-hydroxylation sites is 1. The topological polar surface area (TPSA) is 46.2 Å². The molecular formula is C13H12ClNO2S. The Morgan fingerprint density at radius 2 is 1.72 bits per heavy atom. The molecule has 0 saturated carbocycles. The van der Waals surface area contributed by atoms with Gasteiger partial charge in [-0.25, -0.2) is 8.42 Å². The lowest BCUT2D eigenvalue weighted by Gasteiger charge is -2.10. The van der Waals surface area contributed by atoms with Crippen LogP contribution in [0.4, 0.5) is 5.69 Å². The van der Waals surface area contributed by atoms with Gasteiger partial charge in [-0.2, -0.15) is 0 Å². The molecule has 1 N–H and O–H groups in total. The van der Waals surface area contributed by atoms with Crippen LogP contribution in [0.5, 0.6) is 0 Å². The summed E-state index contributed by atoms with van der Waals surface area (Å²) in [5.74, 6) is 0. The van der Waals surface area contributed by atoms with Crippen molar-refractivity contribution in [3.8, 4) is 0 Å². The summed E-state index contributed by atoms with van der Waals surface area (Å²) >= 11 is 5.81. The van der Waals surface area contributed by atoms with Crippen molar-refractivity contribution in [2.45, 2.75) is 11.8 Å². The second kappa shape index (κ2) is 5.00. The average molecular weight is 282 g/mol. The van der Waals surface area contributed by atoms with Crippen molar-refractivity contribution in [3.63, 3.8) is 0 Å². The minimum atomic E-state index is -3.57. The van der Waals surface area contributed by atoms with E-state index < -0.39 is 10.0 Å². The maximum atomic E-state index is 12.2. The Balaban J connectivity index is 2.37. The summed E-state index contributed by atoms with van der Waals surface area (Å²) in [6.07, 6.45) is 0. The van der Waals surface area contributed by atoms with E-state index >= 15 is 0 Å².